The Labute approximate surface area is 224 Å². The third-order valence-electron chi connectivity index (χ3n) is 8.36. The van der Waals surface area contributed by atoms with Crippen LogP contribution in [0.4, 0.5) is 0 Å². The van der Waals surface area contributed by atoms with Crippen LogP contribution in [0.25, 0.3) is 12.2 Å². The van der Waals surface area contributed by atoms with E-state index in [1.165, 1.54) is 33.4 Å². The van der Waals surface area contributed by atoms with Crippen LogP contribution < -0.4 is 0 Å². The minimum absolute atomic E-state index is 0.00532. The van der Waals surface area contributed by atoms with Gasteiger partial charge in [0, 0.05) is 0 Å². The van der Waals surface area contributed by atoms with Gasteiger partial charge in [-0.15, -0.1) is 0 Å². The predicted octanol–water partition coefficient (Wildman–Crippen LogP) is 8.15. The number of allylic oxidation sites excluding steroid dienone is 2. The Bertz CT molecular complexity index is 1400. The van der Waals surface area contributed by atoms with Gasteiger partial charge in [0.2, 0.25) is 0 Å². The van der Waals surface area contributed by atoms with Crippen molar-refractivity contribution in [3.8, 4) is 0 Å². The van der Waals surface area contributed by atoms with Crippen LogP contribution in [0, 0.1) is 13.8 Å². The molecular weight excluding hydrogens is 528 g/mol. The van der Waals surface area contributed by atoms with Crippen molar-refractivity contribution < 1.29 is 20.9 Å². The van der Waals surface area contributed by atoms with Gasteiger partial charge in [-0.2, -0.15) is 0 Å². The van der Waals surface area contributed by atoms with E-state index >= 15 is 0 Å². The van der Waals surface area contributed by atoms with E-state index in [2.05, 4.69) is 148 Å². The molecule has 0 aromatic heterocycles. The van der Waals surface area contributed by atoms with Gasteiger partial charge in [0.15, 0.2) is 0 Å². The van der Waals surface area contributed by atoms with Crippen molar-refractivity contribution in [1.82, 2.24) is 0 Å². The molecule has 2 atom stereocenters. The van der Waals surface area contributed by atoms with Crippen molar-refractivity contribution in [3.63, 3.8) is 0 Å². The molecule has 36 heavy (non-hydrogen) atoms. The third-order valence-corrected chi connectivity index (χ3v) is 31.1. The molecule has 4 aromatic carbocycles. The molecule has 0 aliphatic heterocycles. The third kappa shape index (κ3) is 3.34. The van der Waals surface area contributed by atoms with Crippen LogP contribution in [0.5, 0.6) is 0 Å². The summed E-state index contributed by atoms with van der Waals surface area (Å²) in [7, 11) is 0. The van der Waals surface area contributed by atoms with Gasteiger partial charge in [0.25, 0.3) is 0 Å². The second-order valence-electron chi connectivity index (χ2n) is 10.7. The molecule has 6 rings (SSSR count). The zero-order chi connectivity index (χ0) is 24.9. The molecule has 2 heteroatoms. The van der Waals surface area contributed by atoms with Crippen LogP contribution in [-0.4, -0.2) is 5.92 Å². The number of fused-ring (bicyclic) bond motifs is 2. The Balaban J connectivity index is 1.76. The fourth-order valence-corrected chi connectivity index (χ4v) is 35.3. The Hall–Kier alpha value is -2.54. The van der Waals surface area contributed by atoms with Crippen molar-refractivity contribution in [2.45, 2.75) is 33.2 Å². The van der Waals surface area contributed by atoms with E-state index < -0.39 is 26.8 Å². The standard InChI is InChI=1S/2C16H13.C2H7Si.Zr/c2*1-12-6-2-4-8-14(12)16-11-10-13-7-3-5-9-15(13)16;1-3-2;/h2*2-11H,1H3;3H,1-2H3;. The van der Waals surface area contributed by atoms with Gasteiger partial charge in [0.1, 0.15) is 0 Å². The Morgan fingerprint density at radius 3 is 1.25 bits per heavy atom. The molecule has 0 bridgehead atoms. The summed E-state index contributed by atoms with van der Waals surface area (Å²) in [5, 5.41) is 0. The van der Waals surface area contributed by atoms with E-state index in [4.69, 9.17) is 0 Å². The Morgan fingerprint density at radius 2 is 0.861 bits per heavy atom. The molecule has 0 saturated heterocycles. The monoisotopic (exact) mass is 559 g/mol. The fourth-order valence-electron chi connectivity index (χ4n) is 7.09. The maximum atomic E-state index is 2.65. The summed E-state index contributed by atoms with van der Waals surface area (Å²) in [5.41, 5.74) is 11.8. The minimum atomic E-state index is -2.57. The molecule has 0 radical (unpaired) electrons. The zero-order valence-corrected chi connectivity index (χ0v) is 25.2. The molecule has 0 heterocycles. The number of hydrogen-bond donors (Lipinski definition) is 0. The number of rotatable bonds is 5. The molecule has 2 unspecified atom stereocenters. The molecule has 0 nitrogen and oxygen atoms in total. The zero-order valence-electron chi connectivity index (χ0n) is 21.6. The molecule has 0 amide bonds. The molecule has 0 spiro atoms. The average Bonchev–Trinajstić information content (AvgIpc) is 3.45. The number of aryl methyl sites for hydroxylation is 2. The van der Waals surface area contributed by atoms with Crippen LogP contribution in [0.15, 0.2) is 109 Å². The molecule has 2 aliphatic rings. The van der Waals surface area contributed by atoms with Crippen molar-refractivity contribution in [2.24, 2.45) is 0 Å². The summed E-state index contributed by atoms with van der Waals surface area (Å²) in [6.45, 7) is 9.96. The molecule has 4 aromatic rings. The summed E-state index contributed by atoms with van der Waals surface area (Å²) in [5.74, 6) is -1.13. The summed E-state index contributed by atoms with van der Waals surface area (Å²) in [6, 6.07) is 36.9. The van der Waals surface area contributed by atoms with Gasteiger partial charge < -0.3 is 0 Å². The average molecular weight is 561 g/mol. The first-order valence-corrected chi connectivity index (χ1v) is 22.7. The van der Waals surface area contributed by atoms with Gasteiger partial charge in [-0.3, -0.25) is 0 Å². The van der Waals surface area contributed by atoms with Crippen LogP contribution in [0.3, 0.4) is 0 Å². The Kier molecular flexibility index (Phi) is 6.02. The predicted molar refractivity (Wildman–Crippen MR) is 154 cm³/mol. The SMILES string of the molecule is Cc1ccccc1[C]1([Zr]([SiH](C)C)[C]2(c3ccccc3C)C=Cc3ccccc32)C=Cc2ccccc21. The van der Waals surface area contributed by atoms with Crippen LogP contribution in [0.1, 0.15) is 44.5 Å². The van der Waals surface area contributed by atoms with Gasteiger partial charge in [-0.25, -0.2) is 0 Å². The second kappa shape index (κ2) is 9.09. The summed E-state index contributed by atoms with van der Waals surface area (Å²) in [4.78, 5) is 0. The van der Waals surface area contributed by atoms with Crippen molar-refractivity contribution in [1.29, 1.82) is 0 Å². The first kappa shape index (κ1) is 23.8. The summed E-state index contributed by atoms with van der Waals surface area (Å²) >= 11 is -2.57. The fraction of sp³-hybridized carbons (Fsp3) is 0.176. The summed E-state index contributed by atoms with van der Waals surface area (Å²) < 4.78 is -0.0106. The van der Waals surface area contributed by atoms with Gasteiger partial charge in [0.05, 0.1) is 0 Å². The Morgan fingerprint density at radius 1 is 0.500 bits per heavy atom. The molecule has 0 N–H and O–H groups in total. The molecule has 0 fully saturated rings. The van der Waals surface area contributed by atoms with Crippen LogP contribution in [0.2, 0.25) is 13.1 Å². The van der Waals surface area contributed by atoms with E-state index in [0.29, 0.717) is 0 Å². The molecule has 0 saturated carbocycles. The van der Waals surface area contributed by atoms with Crippen LogP contribution in [-0.2, 0) is 27.2 Å². The first-order valence-electron chi connectivity index (χ1n) is 13.1. The van der Waals surface area contributed by atoms with Gasteiger partial charge in [-0.05, 0) is 0 Å². The van der Waals surface area contributed by atoms with E-state index in [-0.39, 0.29) is 6.25 Å². The van der Waals surface area contributed by atoms with Crippen molar-refractivity contribution in [2.75, 3.05) is 0 Å². The van der Waals surface area contributed by atoms with Gasteiger partial charge >= 0.3 is 226 Å². The molecule has 2 aliphatic carbocycles. The van der Waals surface area contributed by atoms with Crippen molar-refractivity contribution in [3.05, 3.63) is 154 Å². The second-order valence-corrected chi connectivity index (χ2v) is 30.8. The van der Waals surface area contributed by atoms with Gasteiger partial charge in [-0.1, -0.05) is 0 Å². The van der Waals surface area contributed by atoms with E-state index in [1.54, 1.807) is 11.1 Å². The molecular formula is C34H33SiZr. The van der Waals surface area contributed by atoms with E-state index in [1.807, 2.05) is 0 Å². The van der Waals surface area contributed by atoms with E-state index in [9.17, 15) is 0 Å². The number of hydrogen-bond acceptors (Lipinski definition) is 0. The quantitative estimate of drug-likeness (QED) is 0.216. The number of benzene rings is 4. The summed E-state index contributed by atoms with van der Waals surface area (Å²) in [6.07, 6.45) is 10.2. The molecule has 177 valence electrons. The maximum absolute atomic E-state index is 2.65. The normalized spacial score (nSPS) is 21.6. The van der Waals surface area contributed by atoms with E-state index in [0.717, 1.165) is 0 Å². The van der Waals surface area contributed by atoms with Crippen molar-refractivity contribution >= 4 is 18.1 Å². The van der Waals surface area contributed by atoms with Crippen LogP contribution >= 0.6 is 0 Å². The first-order chi connectivity index (χ1) is 17.5. The topological polar surface area (TPSA) is 0 Å².